The van der Waals surface area contributed by atoms with Crippen molar-refractivity contribution in [1.29, 1.82) is 0 Å². The quantitative estimate of drug-likeness (QED) is 0.616. The number of amides is 1. The highest BCUT2D eigenvalue weighted by Gasteiger charge is 2.26. The van der Waals surface area contributed by atoms with Crippen molar-refractivity contribution in [3.8, 4) is 0 Å². The number of aromatic nitrogens is 2. The lowest BCUT2D eigenvalue weighted by Crippen LogP contribution is -2.36. The first-order valence-electron chi connectivity index (χ1n) is 11.0. The number of benzene rings is 1. The summed E-state index contributed by atoms with van der Waals surface area (Å²) in [7, 11) is 0. The molecule has 0 spiro atoms. The third-order valence-electron chi connectivity index (χ3n) is 5.92. The molecule has 3 aromatic rings. The summed E-state index contributed by atoms with van der Waals surface area (Å²) in [6.07, 6.45) is 2.42. The summed E-state index contributed by atoms with van der Waals surface area (Å²) in [6, 6.07) is 12.2. The van der Waals surface area contributed by atoms with Crippen LogP contribution in [0, 0.1) is 19.7 Å². The summed E-state index contributed by atoms with van der Waals surface area (Å²) >= 11 is 0. The topological polar surface area (TPSA) is 59.4 Å². The Morgan fingerprint density at radius 1 is 1.12 bits per heavy atom. The minimum absolute atomic E-state index is 0.108. The first-order valence-corrected chi connectivity index (χ1v) is 11.0. The van der Waals surface area contributed by atoms with Crippen LogP contribution in [0.4, 0.5) is 10.1 Å². The highest BCUT2D eigenvalue weighted by molar-refractivity contribution is 5.96. The van der Waals surface area contributed by atoms with Gasteiger partial charge in [0.15, 0.2) is 0 Å². The van der Waals surface area contributed by atoms with Gasteiger partial charge < -0.3 is 19.5 Å². The number of pyridine rings is 1. The maximum absolute atomic E-state index is 13.4. The second-order valence-corrected chi connectivity index (χ2v) is 8.05. The fourth-order valence-corrected chi connectivity index (χ4v) is 4.33. The van der Waals surface area contributed by atoms with Gasteiger partial charge in [-0.25, -0.2) is 4.39 Å². The second kappa shape index (κ2) is 9.96. The maximum atomic E-state index is 13.4. The average molecular weight is 437 g/mol. The normalized spacial score (nSPS) is 13.9. The molecule has 6 nitrogen and oxygen atoms in total. The Bertz CT molecular complexity index is 1060. The van der Waals surface area contributed by atoms with Crippen molar-refractivity contribution in [3.63, 3.8) is 0 Å². The standard InChI is InChI=1S/C25H29FN4O2/c1-18-23(29-13-15-32-16-14-29)19(2)30(17-20-6-8-21(26)9-7-20)24(18)25(31)28-12-10-22-5-3-4-11-27-22/h3-9,11H,10,12-17H2,1-2H3,(H,28,31). The summed E-state index contributed by atoms with van der Waals surface area (Å²) in [5.74, 6) is -0.376. The Hall–Kier alpha value is -3.19. The Morgan fingerprint density at radius 3 is 2.56 bits per heavy atom. The Balaban J connectivity index is 1.61. The van der Waals surface area contributed by atoms with Crippen LogP contribution in [0.1, 0.15) is 33.0 Å². The number of carbonyl (C=O) groups is 1. The molecule has 0 atom stereocenters. The summed E-state index contributed by atoms with van der Waals surface area (Å²) in [5, 5.41) is 3.06. The molecule has 7 heteroatoms. The zero-order chi connectivity index (χ0) is 22.5. The Morgan fingerprint density at radius 2 is 1.88 bits per heavy atom. The average Bonchev–Trinajstić information content (AvgIpc) is 3.05. The van der Waals surface area contributed by atoms with Crippen molar-refractivity contribution in [2.75, 3.05) is 37.7 Å². The first-order chi connectivity index (χ1) is 15.5. The van der Waals surface area contributed by atoms with Gasteiger partial charge in [0.25, 0.3) is 5.91 Å². The van der Waals surface area contributed by atoms with E-state index in [4.69, 9.17) is 4.74 Å². The number of carbonyl (C=O) groups excluding carboxylic acids is 1. The Labute approximate surface area is 188 Å². The van der Waals surface area contributed by atoms with Crippen molar-refractivity contribution in [1.82, 2.24) is 14.9 Å². The highest BCUT2D eigenvalue weighted by Crippen LogP contribution is 2.32. The minimum atomic E-state index is -0.268. The summed E-state index contributed by atoms with van der Waals surface area (Å²) in [5.41, 5.74) is 5.61. The predicted molar refractivity (Wildman–Crippen MR) is 123 cm³/mol. The van der Waals surface area contributed by atoms with Crippen molar-refractivity contribution in [2.24, 2.45) is 0 Å². The van der Waals surface area contributed by atoms with E-state index in [0.29, 0.717) is 38.4 Å². The van der Waals surface area contributed by atoms with Gasteiger partial charge >= 0.3 is 0 Å². The fourth-order valence-electron chi connectivity index (χ4n) is 4.33. The molecule has 0 saturated carbocycles. The molecule has 0 bridgehead atoms. The monoisotopic (exact) mass is 436 g/mol. The van der Waals surface area contributed by atoms with Gasteiger partial charge in [-0.1, -0.05) is 18.2 Å². The van der Waals surface area contributed by atoms with Gasteiger partial charge in [0.1, 0.15) is 11.5 Å². The molecule has 168 valence electrons. The molecular weight excluding hydrogens is 407 g/mol. The van der Waals surface area contributed by atoms with Crippen LogP contribution in [0.25, 0.3) is 0 Å². The van der Waals surface area contributed by atoms with Crippen LogP contribution in [0.15, 0.2) is 48.7 Å². The van der Waals surface area contributed by atoms with E-state index in [1.807, 2.05) is 36.6 Å². The van der Waals surface area contributed by atoms with E-state index in [2.05, 4.69) is 15.2 Å². The fraction of sp³-hybridized carbons (Fsp3) is 0.360. The molecule has 0 unspecified atom stereocenters. The van der Waals surface area contributed by atoms with Crippen LogP contribution in [0.3, 0.4) is 0 Å². The number of ether oxygens (including phenoxy) is 1. The summed E-state index contributed by atoms with van der Waals surface area (Å²) < 4.78 is 21.0. The summed E-state index contributed by atoms with van der Waals surface area (Å²) in [6.45, 7) is 8.00. The van der Waals surface area contributed by atoms with E-state index in [-0.39, 0.29) is 11.7 Å². The maximum Gasteiger partial charge on any atom is 0.268 e. The van der Waals surface area contributed by atoms with Crippen LogP contribution in [-0.4, -0.2) is 48.3 Å². The smallest absolute Gasteiger partial charge is 0.268 e. The van der Waals surface area contributed by atoms with Gasteiger partial charge in [-0.15, -0.1) is 0 Å². The number of nitrogens with zero attached hydrogens (tertiary/aromatic N) is 3. The lowest BCUT2D eigenvalue weighted by molar-refractivity contribution is 0.0944. The van der Waals surface area contributed by atoms with Gasteiger partial charge in [0, 0.05) is 55.7 Å². The van der Waals surface area contributed by atoms with Gasteiger partial charge in [-0.05, 0) is 43.7 Å². The van der Waals surface area contributed by atoms with Crippen LogP contribution in [0.5, 0.6) is 0 Å². The highest BCUT2D eigenvalue weighted by atomic mass is 19.1. The third-order valence-corrected chi connectivity index (χ3v) is 5.92. The van der Waals surface area contributed by atoms with E-state index in [0.717, 1.165) is 41.3 Å². The first kappa shape index (κ1) is 22.0. The molecule has 1 aliphatic heterocycles. The van der Waals surface area contributed by atoms with Crippen molar-refractivity contribution < 1.29 is 13.9 Å². The van der Waals surface area contributed by atoms with Crippen LogP contribution in [0.2, 0.25) is 0 Å². The number of nitrogens with one attached hydrogen (secondary N) is 1. The third kappa shape index (κ3) is 4.83. The predicted octanol–water partition coefficient (Wildman–Crippen LogP) is 3.50. The van der Waals surface area contributed by atoms with Crippen molar-refractivity contribution in [3.05, 3.63) is 82.7 Å². The molecule has 1 N–H and O–H groups in total. The van der Waals surface area contributed by atoms with Gasteiger partial charge in [0.2, 0.25) is 0 Å². The molecule has 0 aliphatic carbocycles. The largest absolute Gasteiger partial charge is 0.378 e. The lowest BCUT2D eigenvalue weighted by atomic mass is 10.1. The minimum Gasteiger partial charge on any atom is -0.378 e. The Kier molecular flexibility index (Phi) is 6.85. The molecule has 32 heavy (non-hydrogen) atoms. The molecule has 1 aromatic carbocycles. The second-order valence-electron chi connectivity index (χ2n) is 8.05. The zero-order valence-corrected chi connectivity index (χ0v) is 18.6. The van der Waals surface area contributed by atoms with Crippen molar-refractivity contribution in [2.45, 2.75) is 26.8 Å². The molecule has 1 fully saturated rings. The van der Waals surface area contributed by atoms with Crippen molar-refractivity contribution >= 4 is 11.6 Å². The molecule has 1 saturated heterocycles. The van der Waals surface area contributed by atoms with E-state index in [1.165, 1.54) is 12.1 Å². The number of halogens is 1. The molecule has 0 radical (unpaired) electrons. The zero-order valence-electron chi connectivity index (χ0n) is 18.6. The number of hydrogen-bond donors (Lipinski definition) is 1. The number of rotatable bonds is 7. The number of hydrogen-bond acceptors (Lipinski definition) is 4. The van der Waals surface area contributed by atoms with Gasteiger partial charge in [-0.2, -0.15) is 0 Å². The van der Waals surface area contributed by atoms with Crippen LogP contribution < -0.4 is 10.2 Å². The van der Waals surface area contributed by atoms with E-state index >= 15 is 0 Å². The van der Waals surface area contributed by atoms with E-state index in [9.17, 15) is 9.18 Å². The van der Waals surface area contributed by atoms with Gasteiger partial charge in [-0.3, -0.25) is 9.78 Å². The van der Waals surface area contributed by atoms with Crippen LogP contribution in [-0.2, 0) is 17.7 Å². The molecule has 2 aromatic heterocycles. The van der Waals surface area contributed by atoms with Gasteiger partial charge in [0.05, 0.1) is 18.9 Å². The number of anilines is 1. The van der Waals surface area contributed by atoms with Crippen LogP contribution >= 0.6 is 0 Å². The lowest BCUT2D eigenvalue weighted by Gasteiger charge is -2.29. The van der Waals surface area contributed by atoms with E-state index in [1.54, 1.807) is 18.3 Å². The number of morpholine rings is 1. The molecule has 3 heterocycles. The molecule has 4 rings (SSSR count). The molecule has 1 aliphatic rings. The summed E-state index contributed by atoms with van der Waals surface area (Å²) in [4.78, 5) is 19.9. The molecule has 1 amide bonds. The molecular formula is C25H29FN4O2. The SMILES string of the molecule is Cc1c(N2CCOCC2)c(C)n(Cc2ccc(F)cc2)c1C(=O)NCCc1ccccn1. The van der Waals surface area contributed by atoms with E-state index < -0.39 is 0 Å².